The standard InChI is InChI=1S/2C15H24O.C4H10O.CH3.Al/c2*1-10-8-11(14(2,3)4)13(16)12(9-10)15(5,6)7;1-3-5-4-2;;/h2*8-9,16H,1-7H3;3-4H2,1-2H3;1H3;/q;;;;+2/p-2. The fourth-order valence-electron chi connectivity index (χ4n) is 4.59. The molecule has 0 unspecified atom stereocenters. The highest BCUT2D eigenvalue weighted by molar-refractivity contribution is 6.44. The van der Waals surface area contributed by atoms with Gasteiger partial charge in [0.2, 0.25) is 0 Å². The van der Waals surface area contributed by atoms with Crippen LogP contribution in [0.1, 0.15) is 130 Å². The van der Waals surface area contributed by atoms with Crippen LogP contribution in [-0.2, 0) is 26.4 Å². The zero-order chi connectivity index (χ0) is 30.6. The second kappa shape index (κ2) is 13.5. The van der Waals surface area contributed by atoms with E-state index >= 15 is 0 Å². The van der Waals surface area contributed by atoms with E-state index in [0.29, 0.717) is 0 Å². The number of ether oxygens (including phenoxy) is 1. The maximum atomic E-state index is 6.87. The van der Waals surface area contributed by atoms with E-state index in [4.69, 9.17) is 12.3 Å². The van der Waals surface area contributed by atoms with Crippen LogP contribution in [0.15, 0.2) is 24.3 Å². The van der Waals surface area contributed by atoms with E-state index in [0.717, 1.165) is 24.7 Å². The van der Waals surface area contributed by atoms with E-state index in [1.54, 1.807) is 0 Å². The van der Waals surface area contributed by atoms with Crippen molar-refractivity contribution in [1.29, 1.82) is 0 Å². The molecule has 0 aliphatic carbocycles. The number of hydrogen-bond donors (Lipinski definition) is 0. The third-order valence-electron chi connectivity index (χ3n) is 6.67. The van der Waals surface area contributed by atoms with Gasteiger partial charge in [-0.25, -0.2) is 0 Å². The zero-order valence-electron chi connectivity index (χ0n) is 28.5. The highest BCUT2D eigenvalue weighted by Gasteiger charge is 2.36. The van der Waals surface area contributed by atoms with Gasteiger partial charge in [0.15, 0.2) is 0 Å². The Labute approximate surface area is 247 Å². The molecule has 0 aliphatic rings. The van der Waals surface area contributed by atoms with E-state index < -0.39 is 14.8 Å². The van der Waals surface area contributed by atoms with Crippen molar-refractivity contribution < 1.29 is 12.3 Å². The van der Waals surface area contributed by atoms with Crippen molar-refractivity contribution in [2.45, 2.75) is 138 Å². The summed E-state index contributed by atoms with van der Waals surface area (Å²) in [5.74, 6) is 4.20. The Morgan fingerprint density at radius 2 is 0.744 bits per heavy atom. The summed E-state index contributed by atoms with van der Waals surface area (Å²) in [4.78, 5) is 0. The van der Waals surface area contributed by atoms with Crippen LogP contribution in [0.2, 0.25) is 5.79 Å². The summed E-state index contributed by atoms with van der Waals surface area (Å²) in [6.07, 6.45) is 0. The molecule has 0 aliphatic heterocycles. The Hall–Kier alpha value is -1.47. The third kappa shape index (κ3) is 10.5. The Morgan fingerprint density at radius 3 is 0.897 bits per heavy atom. The topological polar surface area (TPSA) is 27.7 Å². The fourth-order valence-corrected chi connectivity index (χ4v) is 5.81. The lowest BCUT2D eigenvalue weighted by molar-refractivity contribution is 0.162. The molecule has 0 radical (unpaired) electrons. The Balaban J connectivity index is 0.00000139. The first-order valence-corrected chi connectivity index (χ1v) is 16.9. The SMILES string of the molecule is CCOCC.Cc1cc(C(C)(C)C)c([O][Al]([CH3])[O]c2c(C(C)(C)C)cc(C)cc2C(C)(C)C)c(C(C)(C)C)c1. The number of rotatable bonds is 6. The third-order valence-corrected chi connectivity index (χ3v) is 7.81. The highest BCUT2D eigenvalue weighted by atomic mass is 27.2. The van der Waals surface area contributed by atoms with Crippen LogP contribution in [0.5, 0.6) is 11.5 Å². The van der Waals surface area contributed by atoms with Crippen LogP contribution in [-0.4, -0.2) is 28.0 Å². The molecule has 220 valence electrons. The van der Waals surface area contributed by atoms with Gasteiger partial charge in [-0.15, -0.1) is 0 Å². The van der Waals surface area contributed by atoms with Gasteiger partial charge >= 0.3 is 14.8 Å². The molecule has 4 heteroatoms. The summed E-state index contributed by atoms with van der Waals surface area (Å²) >= 11 is -2.09. The molecular formula is C35H59AlO3. The molecule has 3 nitrogen and oxygen atoms in total. The molecule has 0 heterocycles. The maximum absolute atomic E-state index is 6.87. The second-order valence-corrected chi connectivity index (χ2v) is 16.6. The van der Waals surface area contributed by atoms with Gasteiger partial charge in [0, 0.05) is 13.2 Å². The van der Waals surface area contributed by atoms with Crippen molar-refractivity contribution >= 4 is 14.8 Å². The largest absolute Gasteiger partial charge is 0.853 e. The van der Waals surface area contributed by atoms with Crippen LogP contribution >= 0.6 is 0 Å². The molecule has 2 rings (SSSR count). The van der Waals surface area contributed by atoms with Gasteiger partial charge in [-0.05, 0) is 77.4 Å². The number of hydrogen-bond acceptors (Lipinski definition) is 3. The molecule has 0 N–H and O–H groups in total. The minimum atomic E-state index is -2.09. The van der Waals surface area contributed by atoms with Gasteiger partial charge in [0.1, 0.15) is 0 Å². The normalized spacial score (nSPS) is 12.5. The van der Waals surface area contributed by atoms with Crippen LogP contribution in [0.4, 0.5) is 0 Å². The summed E-state index contributed by atoms with van der Waals surface area (Å²) in [7, 11) is 0. The lowest BCUT2D eigenvalue weighted by atomic mass is 9.78. The molecule has 0 saturated heterocycles. The van der Waals surface area contributed by atoms with Crippen molar-refractivity contribution in [1.82, 2.24) is 0 Å². The lowest BCUT2D eigenvalue weighted by Gasteiger charge is -2.34. The van der Waals surface area contributed by atoms with E-state index in [2.05, 4.69) is 127 Å². The number of benzene rings is 2. The molecule has 0 spiro atoms. The zero-order valence-corrected chi connectivity index (χ0v) is 29.7. The molecule has 0 aromatic heterocycles. The average molecular weight is 555 g/mol. The molecule has 0 bridgehead atoms. The molecule has 0 atom stereocenters. The maximum Gasteiger partial charge on any atom is 0.853 e. The Morgan fingerprint density at radius 1 is 0.513 bits per heavy atom. The predicted molar refractivity (Wildman–Crippen MR) is 172 cm³/mol. The number of aryl methyl sites for hydroxylation is 2. The fraction of sp³-hybridized carbons (Fsp3) is 0.657. The van der Waals surface area contributed by atoms with Crippen molar-refractivity contribution in [2.24, 2.45) is 0 Å². The van der Waals surface area contributed by atoms with Gasteiger partial charge in [-0.3, -0.25) is 0 Å². The predicted octanol–water partition coefficient (Wildman–Crippen LogP) is 10.1. The van der Waals surface area contributed by atoms with Crippen LogP contribution in [0.3, 0.4) is 0 Å². The molecular weight excluding hydrogens is 495 g/mol. The van der Waals surface area contributed by atoms with Gasteiger partial charge in [0.25, 0.3) is 0 Å². The van der Waals surface area contributed by atoms with Gasteiger partial charge in [-0.2, -0.15) is 0 Å². The van der Waals surface area contributed by atoms with Gasteiger partial charge in [0.05, 0.1) is 11.5 Å². The molecule has 2 aromatic rings. The monoisotopic (exact) mass is 554 g/mol. The van der Waals surface area contributed by atoms with E-state index in [1.807, 2.05) is 13.8 Å². The van der Waals surface area contributed by atoms with E-state index in [1.165, 1.54) is 33.4 Å². The molecule has 0 amide bonds. The molecule has 39 heavy (non-hydrogen) atoms. The van der Waals surface area contributed by atoms with Crippen LogP contribution in [0.25, 0.3) is 0 Å². The summed E-state index contributed by atoms with van der Waals surface area (Å²) in [5, 5.41) is 0. The van der Waals surface area contributed by atoms with Gasteiger partial charge in [-0.1, -0.05) is 118 Å². The first kappa shape index (κ1) is 35.6. The second-order valence-electron chi connectivity index (χ2n) is 15.0. The minimum absolute atomic E-state index is 0.0214. The summed E-state index contributed by atoms with van der Waals surface area (Å²) < 4.78 is 18.6. The minimum Gasteiger partial charge on any atom is -0.611 e. The first-order chi connectivity index (χ1) is 17.5. The average Bonchev–Trinajstić information content (AvgIpc) is 2.73. The van der Waals surface area contributed by atoms with Crippen molar-refractivity contribution in [3.8, 4) is 11.5 Å². The summed E-state index contributed by atoms with van der Waals surface area (Å²) in [6, 6.07) is 9.16. The lowest BCUT2D eigenvalue weighted by Crippen LogP contribution is -2.32. The molecule has 0 saturated carbocycles. The van der Waals surface area contributed by atoms with Crippen LogP contribution < -0.4 is 7.58 Å². The Kier molecular flexibility index (Phi) is 12.3. The molecule has 0 fully saturated rings. The van der Waals surface area contributed by atoms with E-state index in [-0.39, 0.29) is 21.7 Å². The van der Waals surface area contributed by atoms with Crippen LogP contribution in [0, 0.1) is 13.8 Å². The first-order valence-electron chi connectivity index (χ1n) is 14.8. The highest BCUT2D eigenvalue weighted by Crippen LogP contribution is 2.43. The quantitative estimate of drug-likeness (QED) is 0.333. The van der Waals surface area contributed by atoms with Gasteiger partial charge < -0.3 is 12.3 Å². The Bertz CT molecular complexity index is 918. The molecule has 2 aromatic carbocycles. The summed E-state index contributed by atoms with van der Waals surface area (Å²) in [6.45, 7) is 37.2. The smallest absolute Gasteiger partial charge is 0.611 e. The van der Waals surface area contributed by atoms with Crippen molar-refractivity contribution in [3.63, 3.8) is 0 Å². The van der Waals surface area contributed by atoms with E-state index in [9.17, 15) is 0 Å². The van der Waals surface area contributed by atoms with Crippen molar-refractivity contribution in [3.05, 3.63) is 57.6 Å². The summed E-state index contributed by atoms with van der Waals surface area (Å²) in [5.41, 5.74) is 7.51. The van der Waals surface area contributed by atoms with Crippen molar-refractivity contribution in [2.75, 3.05) is 13.2 Å².